The maximum absolute atomic E-state index is 12.9. The van der Waals surface area contributed by atoms with Crippen LogP contribution in [-0.2, 0) is 10.5 Å². The molecule has 0 saturated heterocycles. The number of thioether (sulfide) groups is 1. The molecule has 0 aliphatic carbocycles. The number of unbranched alkanes of at least 4 members (excludes halogenated alkanes) is 1. The van der Waals surface area contributed by atoms with Crippen molar-refractivity contribution in [2.24, 2.45) is 0 Å². The van der Waals surface area contributed by atoms with Crippen LogP contribution >= 0.6 is 11.8 Å². The van der Waals surface area contributed by atoms with Gasteiger partial charge in [-0.05, 0) is 75.4 Å². The van der Waals surface area contributed by atoms with Crippen molar-refractivity contribution in [2.45, 2.75) is 18.6 Å². The quantitative estimate of drug-likeness (QED) is 0.547. The number of halogens is 1. The molecule has 156 valence electrons. The lowest BCUT2D eigenvalue weighted by Crippen LogP contribution is -2.25. The van der Waals surface area contributed by atoms with Gasteiger partial charge in [-0.25, -0.2) is 4.39 Å². The summed E-state index contributed by atoms with van der Waals surface area (Å²) in [5, 5.41) is 5.67. The highest BCUT2D eigenvalue weighted by atomic mass is 32.2. The van der Waals surface area contributed by atoms with Crippen LogP contribution in [0.5, 0.6) is 0 Å². The molecule has 0 bridgehead atoms. The predicted molar refractivity (Wildman–Crippen MR) is 118 cm³/mol. The Kier molecular flexibility index (Phi) is 9.67. The lowest BCUT2D eigenvalue weighted by molar-refractivity contribution is -0.113. The second-order valence-corrected chi connectivity index (χ2v) is 8.00. The molecule has 0 aromatic heterocycles. The molecule has 0 spiro atoms. The van der Waals surface area contributed by atoms with Gasteiger partial charge in [-0.1, -0.05) is 12.1 Å². The van der Waals surface area contributed by atoms with Gasteiger partial charge in [0.15, 0.2) is 0 Å². The molecule has 7 heteroatoms. The van der Waals surface area contributed by atoms with Gasteiger partial charge in [0.1, 0.15) is 5.82 Å². The third-order valence-corrected chi connectivity index (χ3v) is 5.17. The largest absolute Gasteiger partial charge is 0.352 e. The summed E-state index contributed by atoms with van der Waals surface area (Å²) in [5.74, 6) is 0.439. The summed E-state index contributed by atoms with van der Waals surface area (Å²) in [4.78, 5) is 26.2. The third-order valence-electron chi connectivity index (χ3n) is 4.16. The summed E-state index contributed by atoms with van der Waals surface area (Å²) >= 11 is 1.48. The van der Waals surface area contributed by atoms with E-state index < -0.39 is 0 Å². The molecule has 29 heavy (non-hydrogen) atoms. The fourth-order valence-electron chi connectivity index (χ4n) is 2.60. The average molecular weight is 418 g/mol. The SMILES string of the molecule is CN(C)CCCCNC(=O)c1ccc(CSCC(=O)Nc2ccc(F)cc2)cc1. The zero-order valence-electron chi connectivity index (χ0n) is 16.9. The first kappa shape index (κ1) is 22.9. The maximum atomic E-state index is 12.9. The van der Waals surface area contributed by atoms with Gasteiger partial charge in [0.2, 0.25) is 5.91 Å². The van der Waals surface area contributed by atoms with Crippen molar-refractivity contribution in [2.75, 3.05) is 38.3 Å². The zero-order valence-corrected chi connectivity index (χ0v) is 17.7. The molecule has 2 aromatic rings. The Labute approximate surface area is 176 Å². The van der Waals surface area contributed by atoms with Crippen LogP contribution < -0.4 is 10.6 Å². The van der Waals surface area contributed by atoms with Crippen LogP contribution in [0.2, 0.25) is 0 Å². The topological polar surface area (TPSA) is 61.4 Å². The summed E-state index contributed by atoms with van der Waals surface area (Å²) in [5.41, 5.74) is 2.27. The summed E-state index contributed by atoms with van der Waals surface area (Å²) in [6, 6.07) is 13.1. The van der Waals surface area contributed by atoms with E-state index >= 15 is 0 Å². The number of hydrogen-bond donors (Lipinski definition) is 2. The van der Waals surface area contributed by atoms with E-state index in [1.165, 1.54) is 36.0 Å². The Morgan fingerprint density at radius 1 is 1.00 bits per heavy atom. The standard InChI is InChI=1S/C22H28FN3O2S/c1-26(2)14-4-3-13-24-22(28)18-7-5-17(6-8-18)15-29-16-21(27)25-20-11-9-19(23)10-12-20/h5-12H,3-4,13-16H2,1-2H3,(H,24,28)(H,25,27). The van der Waals surface area contributed by atoms with E-state index in [9.17, 15) is 14.0 Å². The minimum Gasteiger partial charge on any atom is -0.352 e. The molecule has 0 aliphatic rings. The smallest absolute Gasteiger partial charge is 0.251 e. The third kappa shape index (κ3) is 9.11. The summed E-state index contributed by atoms with van der Waals surface area (Å²) < 4.78 is 12.9. The van der Waals surface area contributed by atoms with Gasteiger partial charge in [0, 0.05) is 23.5 Å². The zero-order chi connectivity index (χ0) is 21.1. The van der Waals surface area contributed by atoms with Crippen LogP contribution in [0, 0.1) is 5.82 Å². The predicted octanol–water partition coefficient (Wildman–Crippen LogP) is 3.77. The van der Waals surface area contributed by atoms with Crippen LogP contribution in [0.15, 0.2) is 48.5 Å². The highest BCUT2D eigenvalue weighted by Gasteiger charge is 2.06. The Morgan fingerprint density at radius 2 is 1.69 bits per heavy atom. The fourth-order valence-corrected chi connectivity index (χ4v) is 3.39. The molecule has 2 rings (SSSR count). The lowest BCUT2D eigenvalue weighted by atomic mass is 10.1. The second-order valence-electron chi connectivity index (χ2n) is 7.01. The van der Waals surface area contributed by atoms with Crippen molar-refractivity contribution >= 4 is 29.3 Å². The molecule has 0 fully saturated rings. The molecule has 0 heterocycles. The van der Waals surface area contributed by atoms with Crippen molar-refractivity contribution in [3.05, 3.63) is 65.5 Å². The number of benzene rings is 2. The molecule has 0 aliphatic heterocycles. The molecule has 0 atom stereocenters. The van der Waals surface area contributed by atoms with Gasteiger partial charge >= 0.3 is 0 Å². The maximum Gasteiger partial charge on any atom is 0.251 e. The number of amides is 2. The molecule has 0 radical (unpaired) electrons. The van der Waals surface area contributed by atoms with Gasteiger partial charge in [-0.3, -0.25) is 9.59 Å². The summed E-state index contributed by atoms with van der Waals surface area (Å²) in [6.45, 7) is 1.69. The summed E-state index contributed by atoms with van der Waals surface area (Å²) in [7, 11) is 4.08. The van der Waals surface area contributed by atoms with Gasteiger partial charge in [-0.2, -0.15) is 0 Å². The Balaban J connectivity index is 1.67. The van der Waals surface area contributed by atoms with E-state index in [0.29, 0.717) is 29.3 Å². The number of carbonyl (C=O) groups excluding carboxylic acids is 2. The summed E-state index contributed by atoms with van der Waals surface area (Å²) in [6.07, 6.45) is 2.01. The molecule has 2 amide bonds. The first-order valence-electron chi connectivity index (χ1n) is 9.59. The van der Waals surface area contributed by atoms with Crippen molar-refractivity contribution in [3.63, 3.8) is 0 Å². The normalized spacial score (nSPS) is 10.8. The Hall–Kier alpha value is -2.38. The highest BCUT2D eigenvalue weighted by Crippen LogP contribution is 2.15. The van der Waals surface area contributed by atoms with Crippen LogP contribution in [-0.4, -0.2) is 49.7 Å². The van der Waals surface area contributed by atoms with Gasteiger partial charge < -0.3 is 15.5 Å². The first-order chi connectivity index (χ1) is 13.9. The monoisotopic (exact) mass is 417 g/mol. The number of hydrogen-bond acceptors (Lipinski definition) is 4. The van der Waals surface area contributed by atoms with Crippen molar-refractivity contribution in [1.29, 1.82) is 0 Å². The number of rotatable bonds is 11. The van der Waals surface area contributed by atoms with Gasteiger partial charge in [0.05, 0.1) is 5.75 Å². The number of nitrogens with zero attached hydrogens (tertiary/aromatic N) is 1. The molecule has 2 N–H and O–H groups in total. The van der Waals surface area contributed by atoms with E-state index in [0.717, 1.165) is 24.9 Å². The minimum absolute atomic E-state index is 0.0623. The van der Waals surface area contributed by atoms with E-state index in [1.54, 1.807) is 0 Å². The van der Waals surface area contributed by atoms with Crippen molar-refractivity contribution in [3.8, 4) is 0 Å². The average Bonchev–Trinajstić information content (AvgIpc) is 2.69. The molecular formula is C22H28FN3O2S. The molecule has 0 saturated carbocycles. The highest BCUT2D eigenvalue weighted by molar-refractivity contribution is 7.99. The number of nitrogens with one attached hydrogen (secondary N) is 2. The van der Waals surface area contributed by atoms with Crippen LogP contribution in [0.25, 0.3) is 0 Å². The lowest BCUT2D eigenvalue weighted by Gasteiger charge is -2.09. The molecular weight excluding hydrogens is 389 g/mol. The van der Waals surface area contributed by atoms with Gasteiger partial charge in [-0.15, -0.1) is 11.8 Å². The Morgan fingerprint density at radius 3 is 2.34 bits per heavy atom. The molecule has 2 aromatic carbocycles. The first-order valence-corrected chi connectivity index (χ1v) is 10.7. The number of anilines is 1. The number of carbonyl (C=O) groups is 2. The minimum atomic E-state index is -0.334. The van der Waals surface area contributed by atoms with E-state index in [2.05, 4.69) is 15.5 Å². The Bertz CT molecular complexity index is 780. The van der Waals surface area contributed by atoms with Crippen molar-refractivity contribution < 1.29 is 14.0 Å². The van der Waals surface area contributed by atoms with Crippen molar-refractivity contribution in [1.82, 2.24) is 10.2 Å². The van der Waals surface area contributed by atoms with Crippen LogP contribution in [0.4, 0.5) is 10.1 Å². The van der Waals surface area contributed by atoms with E-state index in [-0.39, 0.29) is 17.6 Å². The van der Waals surface area contributed by atoms with Crippen LogP contribution in [0.3, 0.4) is 0 Å². The second kappa shape index (κ2) is 12.2. The fraction of sp³-hybridized carbons (Fsp3) is 0.364. The van der Waals surface area contributed by atoms with Gasteiger partial charge in [0.25, 0.3) is 5.91 Å². The van der Waals surface area contributed by atoms with E-state index in [4.69, 9.17) is 0 Å². The molecule has 5 nitrogen and oxygen atoms in total. The van der Waals surface area contributed by atoms with E-state index in [1.807, 2.05) is 38.4 Å². The van der Waals surface area contributed by atoms with Crippen LogP contribution in [0.1, 0.15) is 28.8 Å². The molecule has 0 unspecified atom stereocenters.